The first kappa shape index (κ1) is 17.5. The van der Waals surface area contributed by atoms with Crippen molar-refractivity contribution in [1.82, 2.24) is 0 Å². The summed E-state index contributed by atoms with van der Waals surface area (Å²) in [6.45, 7) is 2.23. The molecule has 2 aromatic carbocycles. The van der Waals surface area contributed by atoms with Gasteiger partial charge in [-0.3, -0.25) is 0 Å². The highest BCUT2D eigenvalue weighted by atomic mass is 32.1. The van der Waals surface area contributed by atoms with Gasteiger partial charge in [0.25, 0.3) is 0 Å². The minimum absolute atomic E-state index is 0.229. The fourth-order valence-corrected chi connectivity index (χ4v) is 2.72. The van der Waals surface area contributed by atoms with Crippen molar-refractivity contribution in [3.05, 3.63) is 53.8 Å². The number of rotatable bonds is 8. The third-order valence-corrected chi connectivity index (χ3v) is 4.06. The van der Waals surface area contributed by atoms with E-state index in [2.05, 4.69) is 53.6 Å². The molecule has 0 aliphatic rings. The lowest BCUT2D eigenvalue weighted by atomic mass is 10.0. The highest BCUT2D eigenvalue weighted by molar-refractivity contribution is 7.78. The van der Waals surface area contributed by atoms with Crippen LogP contribution >= 0.6 is 12.2 Å². The molecule has 0 aromatic heterocycles. The maximum atomic E-state index is 13.9. The van der Waals surface area contributed by atoms with Gasteiger partial charge in [-0.25, -0.2) is 4.39 Å². The van der Waals surface area contributed by atoms with E-state index >= 15 is 0 Å². The van der Waals surface area contributed by atoms with Gasteiger partial charge < -0.3 is 0 Å². The molecule has 1 nitrogen and oxygen atoms in total. The molecule has 0 heterocycles. The predicted octanol–water partition coefficient (Wildman–Crippen LogP) is 6.74. The van der Waals surface area contributed by atoms with Crippen LogP contribution in [0, 0.1) is 5.82 Å². The fraction of sp³-hybridized carbons (Fsp3) is 0.350. The zero-order valence-electron chi connectivity index (χ0n) is 13.5. The summed E-state index contributed by atoms with van der Waals surface area (Å²) in [5, 5.41) is 2.19. The SMILES string of the molecule is CCCCCCCc1ccc(-c2ccc(N=C=S)c(F)c2)cc1. The number of aliphatic imine (C=N–C) groups is 1. The Kier molecular flexibility index (Phi) is 7.12. The smallest absolute Gasteiger partial charge is 0.150 e. The Hall–Kier alpha value is -1.83. The van der Waals surface area contributed by atoms with Crippen LogP contribution in [0.1, 0.15) is 44.6 Å². The normalized spacial score (nSPS) is 10.3. The largest absolute Gasteiger partial charge is 0.205 e. The van der Waals surface area contributed by atoms with Crippen molar-refractivity contribution >= 4 is 23.1 Å². The number of aryl methyl sites for hydroxylation is 1. The van der Waals surface area contributed by atoms with Crippen LogP contribution in [0.2, 0.25) is 0 Å². The molecule has 0 amide bonds. The summed E-state index contributed by atoms with van der Waals surface area (Å²) in [5.74, 6) is -0.375. The first-order valence-corrected chi connectivity index (χ1v) is 8.62. The second kappa shape index (κ2) is 9.34. The lowest BCUT2D eigenvalue weighted by molar-refractivity contribution is 0.630. The Morgan fingerprint density at radius 3 is 2.30 bits per heavy atom. The van der Waals surface area contributed by atoms with Gasteiger partial charge in [-0.05, 0) is 53.9 Å². The molecule has 23 heavy (non-hydrogen) atoms. The Labute approximate surface area is 143 Å². The molecular weight excluding hydrogens is 305 g/mol. The van der Waals surface area contributed by atoms with Gasteiger partial charge in [-0.15, -0.1) is 0 Å². The summed E-state index contributed by atoms with van der Waals surface area (Å²) in [6, 6.07) is 13.4. The second-order valence-electron chi connectivity index (χ2n) is 5.73. The van der Waals surface area contributed by atoms with Gasteiger partial charge in [0.1, 0.15) is 11.5 Å². The van der Waals surface area contributed by atoms with Crippen molar-refractivity contribution in [1.29, 1.82) is 0 Å². The van der Waals surface area contributed by atoms with E-state index in [4.69, 9.17) is 0 Å². The summed E-state index contributed by atoms with van der Waals surface area (Å²) < 4.78 is 13.9. The van der Waals surface area contributed by atoms with E-state index in [1.807, 2.05) is 6.07 Å². The average molecular weight is 327 g/mol. The summed E-state index contributed by atoms with van der Waals surface area (Å²) >= 11 is 4.51. The number of isothiocyanates is 1. The molecule has 2 aromatic rings. The highest BCUT2D eigenvalue weighted by Gasteiger charge is 2.04. The zero-order chi connectivity index (χ0) is 16.5. The Morgan fingerprint density at radius 1 is 0.957 bits per heavy atom. The molecule has 0 aliphatic heterocycles. The predicted molar refractivity (Wildman–Crippen MR) is 99.0 cm³/mol. The van der Waals surface area contributed by atoms with Crippen LogP contribution in [-0.4, -0.2) is 5.16 Å². The molecule has 0 saturated heterocycles. The van der Waals surface area contributed by atoms with E-state index in [0.717, 1.165) is 17.5 Å². The average Bonchev–Trinajstić information content (AvgIpc) is 2.57. The maximum absolute atomic E-state index is 13.9. The van der Waals surface area contributed by atoms with E-state index in [-0.39, 0.29) is 11.5 Å². The van der Waals surface area contributed by atoms with E-state index in [1.165, 1.54) is 43.7 Å². The number of unbranched alkanes of at least 4 members (excludes halogenated alkanes) is 4. The highest BCUT2D eigenvalue weighted by Crippen LogP contribution is 2.26. The number of hydrogen-bond acceptors (Lipinski definition) is 2. The zero-order valence-corrected chi connectivity index (χ0v) is 14.3. The van der Waals surface area contributed by atoms with Crippen molar-refractivity contribution in [3.63, 3.8) is 0 Å². The second-order valence-corrected chi connectivity index (χ2v) is 5.91. The van der Waals surface area contributed by atoms with Crippen molar-refractivity contribution in [3.8, 4) is 11.1 Å². The molecule has 0 atom stereocenters. The quantitative estimate of drug-likeness (QED) is 0.297. The fourth-order valence-electron chi connectivity index (χ4n) is 2.62. The van der Waals surface area contributed by atoms with Crippen molar-refractivity contribution in [2.45, 2.75) is 45.4 Å². The molecule has 0 fully saturated rings. The van der Waals surface area contributed by atoms with E-state index in [1.54, 1.807) is 6.07 Å². The lowest BCUT2D eigenvalue weighted by Crippen LogP contribution is -1.87. The van der Waals surface area contributed by atoms with E-state index in [9.17, 15) is 4.39 Å². The van der Waals surface area contributed by atoms with Crippen molar-refractivity contribution < 1.29 is 4.39 Å². The molecule has 0 radical (unpaired) electrons. The third kappa shape index (κ3) is 5.38. The first-order chi connectivity index (χ1) is 11.2. The van der Waals surface area contributed by atoms with Crippen LogP contribution in [0.4, 0.5) is 10.1 Å². The number of thiocarbonyl (C=S) groups is 1. The monoisotopic (exact) mass is 327 g/mol. The Bertz CT molecular complexity index is 673. The molecule has 0 bridgehead atoms. The molecule has 0 aliphatic carbocycles. The van der Waals surface area contributed by atoms with Crippen LogP contribution in [0.3, 0.4) is 0 Å². The van der Waals surface area contributed by atoms with Crippen molar-refractivity contribution in [2.24, 2.45) is 4.99 Å². The topological polar surface area (TPSA) is 12.4 Å². The van der Waals surface area contributed by atoms with Crippen LogP contribution in [0.15, 0.2) is 47.5 Å². The molecule has 120 valence electrons. The number of nitrogens with zero attached hydrogens (tertiary/aromatic N) is 1. The van der Waals surface area contributed by atoms with Crippen molar-refractivity contribution in [2.75, 3.05) is 0 Å². The molecule has 3 heteroatoms. The molecule has 0 spiro atoms. The number of halogens is 1. The number of hydrogen-bond donors (Lipinski definition) is 0. The molecule has 2 rings (SSSR count). The standard InChI is InChI=1S/C20H22FNS/c1-2-3-4-5-6-7-16-8-10-17(11-9-16)18-12-13-20(22-15-23)19(21)14-18/h8-14H,2-7H2,1H3. The molecular formula is C20H22FNS. The van der Waals surface area contributed by atoms with E-state index in [0.29, 0.717) is 0 Å². The van der Waals surface area contributed by atoms with Gasteiger partial charge in [-0.1, -0.05) is 62.9 Å². The van der Waals surface area contributed by atoms with Gasteiger partial charge in [0.2, 0.25) is 0 Å². The first-order valence-electron chi connectivity index (χ1n) is 8.21. The maximum Gasteiger partial charge on any atom is 0.150 e. The van der Waals surface area contributed by atoms with Crippen LogP contribution in [0.5, 0.6) is 0 Å². The molecule has 0 unspecified atom stereocenters. The summed E-state index contributed by atoms with van der Waals surface area (Å²) in [7, 11) is 0. The Balaban J connectivity index is 1.99. The number of benzene rings is 2. The summed E-state index contributed by atoms with van der Waals surface area (Å²) in [5.41, 5.74) is 3.43. The van der Waals surface area contributed by atoms with Gasteiger partial charge in [0.05, 0.1) is 5.16 Å². The van der Waals surface area contributed by atoms with Gasteiger partial charge in [0, 0.05) is 0 Å². The third-order valence-electron chi connectivity index (χ3n) is 3.97. The molecule has 0 N–H and O–H groups in total. The van der Waals surface area contributed by atoms with Gasteiger partial charge in [-0.2, -0.15) is 4.99 Å². The minimum Gasteiger partial charge on any atom is -0.205 e. The van der Waals surface area contributed by atoms with Crippen LogP contribution in [0.25, 0.3) is 11.1 Å². The van der Waals surface area contributed by atoms with Gasteiger partial charge >= 0.3 is 0 Å². The molecule has 0 saturated carbocycles. The minimum atomic E-state index is -0.375. The summed E-state index contributed by atoms with van der Waals surface area (Å²) in [4.78, 5) is 3.70. The summed E-state index contributed by atoms with van der Waals surface area (Å²) in [6.07, 6.45) is 7.57. The van der Waals surface area contributed by atoms with Gasteiger partial charge in [0.15, 0.2) is 0 Å². The van der Waals surface area contributed by atoms with E-state index < -0.39 is 0 Å². The van der Waals surface area contributed by atoms with Crippen LogP contribution < -0.4 is 0 Å². The van der Waals surface area contributed by atoms with Crippen LogP contribution in [-0.2, 0) is 6.42 Å². The Morgan fingerprint density at radius 2 is 1.65 bits per heavy atom. The lowest BCUT2D eigenvalue weighted by Gasteiger charge is -2.06.